The predicted octanol–water partition coefficient (Wildman–Crippen LogP) is 2.01. The van der Waals surface area contributed by atoms with Crippen molar-refractivity contribution in [2.75, 3.05) is 13.2 Å². The molecule has 0 spiro atoms. The molecule has 6 nitrogen and oxygen atoms in total. The molecule has 1 unspecified atom stereocenters. The summed E-state index contributed by atoms with van der Waals surface area (Å²) in [6, 6.07) is 0. The molecule has 6 heteroatoms. The molecule has 0 bridgehead atoms. The van der Waals surface area contributed by atoms with Gasteiger partial charge >= 0.3 is 5.97 Å². The minimum Gasteiger partial charge on any atom is -0.481 e. The summed E-state index contributed by atoms with van der Waals surface area (Å²) in [7, 11) is 0. The summed E-state index contributed by atoms with van der Waals surface area (Å²) < 4.78 is 11.0. The van der Waals surface area contributed by atoms with Crippen LogP contribution in [0.5, 0.6) is 0 Å². The Kier molecular flexibility index (Phi) is 4.19. The van der Waals surface area contributed by atoms with Crippen LogP contribution < -0.4 is 0 Å². The average Bonchev–Trinajstić information content (AvgIpc) is 2.76. The minimum atomic E-state index is -0.814. The van der Waals surface area contributed by atoms with Gasteiger partial charge in [-0.2, -0.15) is 0 Å². The van der Waals surface area contributed by atoms with E-state index in [1.54, 1.807) is 0 Å². The molecule has 0 radical (unpaired) electrons. The van der Waals surface area contributed by atoms with Crippen molar-refractivity contribution in [3.8, 4) is 0 Å². The molecule has 1 fully saturated rings. The van der Waals surface area contributed by atoms with Crippen molar-refractivity contribution in [3.05, 3.63) is 11.8 Å². The molecule has 1 aliphatic rings. The highest BCUT2D eigenvalue weighted by molar-refractivity contribution is 5.67. The summed E-state index contributed by atoms with van der Waals surface area (Å²) in [6.45, 7) is 5.19. The molecule has 106 valence electrons. The summed E-state index contributed by atoms with van der Waals surface area (Å²) in [5.74, 6) is 0.482. The summed E-state index contributed by atoms with van der Waals surface area (Å²) in [5.41, 5.74) is -0.390. The van der Waals surface area contributed by atoms with Crippen molar-refractivity contribution in [3.63, 3.8) is 0 Å². The molecule has 1 saturated heterocycles. The number of hydrogen-bond acceptors (Lipinski definition) is 5. The van der Waals surface area contributed by atoms with E-state index in [9.17, 15) is 4.79 Å². The van der Waals surface area contributed by atoms with Crippen molar-refractivity contribution in [1.82, 2.24) is 10.2 Å². The fraction of sp³-hybridized carbons (Fsp3) is 0.769. The fourth-order valence-electron chi connectivity index (χ4n) is 2.32. The Balaban J connectivity index is 1.98. The van der Waals surface area contributed by atoms with Crippen LogP contribution in [0.1, 0.15) is 50.8 Å². The third-order valence-corrected chi connectivity index (χ3v) is 3.25. The lowest BCUT2D eigenvalue weighted by Crippen LogP contribution is -2.19. The van der Waals surface area contributed by atoms with Gasteiger partial charge in [0.15, 0.2) is 0 Å². The quantitative estimate of drug-likeness (QED) is 0.879. The van der Waals surface area contributed by atoms with Crippen LogP contribution in [-0.2, 0) is 16.0 Å². The normalized spacial score (nSPS) is 20.4. The van der Waals surface area contributed by atoms with E-state index in [4.69, 9.17) is 14.3 Å². The predicted molar refractivity (Wildman–Crippen MR) is 66.8 cm³/mol. The zero-order chi connectivity index (χ0) is 13.9. The Morgan fingerprint density at radius 1 is 1.47 bits per heavy atom. The lowest BCUT2D eigenvalue weighted by atomic mass is 9.86. The van der Waals surface area contributed by atoms with E-state index in [2.05, 4.69) is 10.2 Å². The van der Waals surface area contributed by atoms with Crippen molar-refractivity contribution in [2.45, 2.75) is 45.4 Å². The zero-order valence-electron chi connectivity index (χ0n) is 11.4. The first-order valence-electron chi connectivity index (χ1n) is 6.58. The Morgan fingerprint density at radius 3 is 2.89 bits per heavy atom. The number of nitrogens with zero attached hydrogens (tertiary/aromatic N) is 2. The molecule has 0 aromatic carbocycles. The first kappa shape index (κ1) is 14.0. The van der Waals surface area contributed by atoms with E-state index in [0.717, 1.165) is 19.4 Å². The van der Waals surface area contributed by atoms with Crippen molar-refractivity contribution < 1.29 is 19.1 Å². The Hall–Kier alpha value is -1.43. The number of rotatable bonds is 5. The number of aliphatic carboxylic acids is 1. The van der Waals surface area contributed by atoms with Gasteiger partial charge in [0.1, 0.15) is 0 Å². The molecule has 0 saturated carbocycles. The summed E-state index contributed by atoms with van der Waals surface area (Å²) in [5, 5.41) is 16.9. The summed E-state index contributed by atoms with van der Waals surface area (Å²) >= 11 is 0. The maximum atomic E-state index is 10.8. The van der Waals surface area contributed by atoms with Gasteiger partial charge in [-0.1, -0.05) is 13.8 Å². The summed E-state index contributed by atoms with van der Waals surface area (Å²) in [4.78, 5) is 10.8. The molecule has 19 heavy (non-hydrogen) atoms. The van der Waals surface area contributed by atoms with Crippen molar-refractivity contribution in [2.24, 2.45) is 5.41 Å². The molecular weight excluding hydrogens is 248 g/mol. The topological polar surface area (TPSA) is 85.5 Å². The maximum absolute atomic E-state index is 10.8. The number of hydrogen-bond donors (Lipinski definition) is 1. The second-order valence-corrected chi connectivity index (χ2v) is 5.86. The SMILES string of the molecule is CC(C)(CC(=O)O)Cc1nnc(C2CCCOC2)o1. The first-order valence-corrected chi connectivity index (χ1v) is 6.58. The Labute approximate surface area is 112 Å². The number of carbonyl (C=O) groups is 1. The van der Waals surface area contributed by atoms with Crippen LogP contribution in [0.3, 0.4) is 0 Å². The van der Waals surface area contributed by atoms with Gasteiger partial charge in [0.2, 0.25) is 11.8 Å². The van der Waals surface area contributed by atoms with Crippen LogP contribution in [0, 0.1) is 5.41 Å². The van der Waals surface area contributed by atoms with Crippen LogP contribution in [0.2, 0.25) is 0 Å². The van der Waals surface area contributed by atoms with Crippen LogP contribution >= 0.6 is 0 Å². The second kappa shape index (κ2) is 5.69. The standard InChI is InChI=1S/C13H20N2O4/c1-13(2,7-11(16)17)6-10-14-15-12(19-10)9-4-3-5-18-8-9/h9H,3-8H2,1-2H3,(H,16,17). The van der Waals surface area contributed by atoms with Crippen molar-refractivity contribution in [1.29, 1.82) is 0 Å². The molecule has 0 amide bonds. The highest BCUT2D eigenvalue weighted by atomic mass is 16.5. The van der Waals surface area contributed by atoms with Gasteiger partial charge in [0, 0.05) is 13.0 Å². The largest absolute Gasteiger partial charge is 0.481 e. The monoisotopic (exact) mass is 268 g/mol. The van der Waals surface area contributed by atoms with E-state index in [0.29, 0.717) is 24.8 Å². The van der Waals surface area contributed by atoms with E-state index < -0.39 is 11.4 Å². The van der Waals surface area contributed by atoms with Crippen molar-refractivity contribution >= 4 is 5.97 Å². The van der Waals surface area contributed by atoms with Gasteiger partial charge in [-0.25, -0.2) is 0 Å². The van der Waals surface area contributed by atoms with Gasteiger partial charge in [-0.3, -0.25) is 4.79 Å². The van der Waals surface area contributed by atoms with Gasteiger partial charge < -0.3 is 14.3 Å². The van der Waals surface area contributed by atoms with E-state index >= 15 is 0 Å². The molecule has 2 rings (SSSR count). The van der Waals surface area contributed by atoms with Crippen LogP contribution in [0.4, 0.5) is 0 Å². The maximum Gasteiger partial charge on any atom is 0.303 e. The number of aromatic nitrogens is 2. The lowest BCUT2D eigenvalue weighted by Gasteiger charge is -2.20. The zero-order valence-corrected chi connectivity index (χ0v) is 11.4. The number of carboxylic acids is 1. The first-order chi connectivity index (χ1) is 8.96. The van der Waals surface area contributed by atoms with Gasteiger partial charge in [-0.15, -0.1) is 10.2 Å². The average molecular weight is 268 g/mol. The van der Waals surface area contributed by atoms with Gasteiger partial charge in [0.25, 0.3) is 0 Å². The molecule has 1 aliphatic heterocycles. The Morgan fingerprint density at radius 2 is 2.26 bits per heavy atom. The highest BCUT2D eigenvalue weighted by Gasteiger charge is 2.27. The molecule has 1 atom stereocenters. The van der Waals surface area contributed by atoms with Gasteiger partial charge in [0.05, 0.1) is 18.9 Å². The number of ether oxygens (including phenoxy) is 1. The van der Waals surface area contributed by atoms with Crippen LogP contribution in [0.25, 0.3) is 0 Å². The minimum absolute atomic E-state index is 0.0806. The third kappa shape index (κ3) is 4.02. The molecule has 1 aromatic heterocycles. The molecule has 1 aromatic rings. The molecule has 2 heterocycles. The number of carboxylic acid groups (broad SMARTS) is 1. The molecular formula is C13H20N2O4. The molecule has 0 aliphatic carbocycles. The van der Waals surface area contributed by atoms with E-state index in [-0.39, 0.29) is 12.3 Å². The summed E-state index contributed by atoms with van der Waals surface area (Å²) in [6.07, 6.45) is 2.56. The second-order valence-electron chi connectivity index (χ2n) is 5.86. The smallest absolute Gasteiger partial charge is 0.303 e. The van der Waals surface area contributed by atoms with Gasteiger partial charge in [-0.05, 0) is 18.3 Å². The van der Waals surface area contributed by atoms with Crippen LogP contribution in [0.15, 0.2) is 4.42 Å². The molecule has 1 N–H and O–H groups in total. The Bertz CT molecular complexity index is 436. The third-order valence-electron chi connectivity index (χ3n) is 3.25. The van der Waals surface area contributed by atoms with E-state index in [1.807, 2.05) is 13.8 Å². The highest BCUT2D eigenvalue weighted by Crippen LogP contribution is 2.28. The fourth-order valence-corrected chi connectivity index (χ4v) is 2.32. The van der Waals surface area contributed by atoms with Crippen LogP contribution in [-0.4, -0.2) is 34.5 Å². The lowest BCUT2D eigenvalue weighted by molar-refractivity contribution is -0.139. The van der Waals surface area contributed by atoms with E-state index in [1.165, 1.54) is 0 Å².